The fourth-order valence-electron chi connectivity index (χ4n) is 1.52. The molecule has 0 unspecified atom stereocenters. The van der Waals surface area contributed by atoms with Gasteiger partial charge in [-0.15, -0.1) is 0 Å². The summed E-state index contributed by atoms with van der Waals surface area (Å²) >= 11 is 0. The Morgan fingerprint density at radius 2 is 2.19 bits per heavy atom. The summed E-state index contributed by atoms with van der Waals surface area (Å²) in [6.07, 6.45) is 2.25. The van der Waals surface area contributed by atoms with Crippen molar-refractivity contribution < 1.29 is 9.32 Å². The van der Waals surface area contributed by atoms with Crippen molar-refractivity contribution in [2.45, 2.75) is 39.7 Å². The molecule has 0 bridgehead atoms. The van der Waals surface area contributed by atoms with Crippen LogP contribution in [0.3, 0.4) is 0 Å². The minimum absolute atomic E-state index is 0.231. The summed E-state index contributed by atoms with van der Waals surface area (Å²) in [7, 11) is 0. The molecule has 0 aromatic carbocycles. The summed E-state index contributed by atoms with van der Waals surface area (Å²) < 4.78 is 5.05. The molecular weight excluding hydrogens is 206 g/mol. The molecule has 0 aliphatic carbocycles. The Labute approximate surface area is 95.4 Å². The molecule has 16 heavy (non-hydrogen) atoms. The summed E-state index contributed by atoms with van der Waals surface area (Å²) in [5, 5.41) is 7.17. The molecule has 0 spiro atoms. The number of carbonyl (C=O) groups is 1. The molecule has 1 aromatic rings. The van der Waals surface area contributed by atoms with E-state index in [1.807, 2.05) is 13.8 Å². The average molecular weight is 225 g/mol. The van der Waals surface area contributed by atoms with Gasteiger partial charge in [0.15, 0.2) is 0 Å². The molecule has 0 saturated heterocycles. The van der Waals surface area contributed by atoms with Crippen LogP contribution >= 0.6 is 0 Å². The predicted molar refractivity (Wildman–Crippen MR) is 60.7 cm³/mol. The predicted octanol–water partition coefficient (Wildman–Crippen LogP) is 1.04. The first-order valence-electron chi connectivity index (χ1n) is 5.52. The Balaban J connectivity index is 2.14. The summed E-state index contributed by atoms with van der Waals surface area (Å²) in [6, 6.07) is 0. The van der Waals surface area contributed by atoms with Crippen molar-refractivity contribution >= 4 is 5.91 Å². The number of nitrogens with one attached hydrogen (secondary N) is 1. The van der Waals surface area contributed by atoms with Crippen molar-refractivity contribution in [3.05, 3.63) is 17.0 Å². The number of aryl methyl sites for hydroxylation is 2. The van der Waals surface area contributed by atoms with Crippen LogP contribution in [0.1, 0.15) is 36.3 Å². The SMILES string of the molecule is Cc1noc(C)c1CNCCCCC(N)=O. The smallest absolute Gasteiger partial charge is 0.217 e. The molecule has 1 amide bonds. The molecule has 0 aliphatic heterocycles. The first-order valence-corrected chi connectivity index (χ1v) is 5.52. The molecular formula is C11H19N3O2. The van der Waals surface area contributed by atoms with Crippen molar-refractivity contribution in [1.29, 1.82) is 0 Å². The number of aromatic nitrogens is 1. The van der Waals surface area contributed by atoms with E-state index in [-0.39, 0.29) is 5.91 Å². The second kappa shape index (κ2) is 6.27. The van der Waals surface area contributed by atoms with Gasteiger partial charge in [-0.1, -0.05) is 5.16 Å². The van der Waals surface area contributed by atoms with Crippen LogP contribution in [0.15, 0.2) is 4.52 Å². The van der Waals surface area contributed by atoms with Crippen molar-refractivity contribution in [3.8, 4) is 0 Å². The molecule has 0 fully saturated rings. The number of hydrogen-bond donors (Lipinski definition) is 2. The Morgan fingerprint density at radius 3 is 2.75 bits per heavy atom. The van der Waals surface area contributed by atoms with E-state index in [0.717, 1.165) is 42.9 Å². The number of unbranched alkanes of at least 4 members (excludes halogenated alkanes) is 1. The van der Waals surface area contributed by atoms with Crippen LogP contribution in [0.25, 0.3) is 0 Å². The maximum atomic E-state index is 10.5. The van der Waals surface area contributed by atoms with Gasteiger partial charge in [0.25, 0.3) is 0 Å². The number of hydrogen-bond acceptors (Lipinski definition) is 4. The molecule has 0 saturated carbocycles. The molecule has 0 atom stereocenters. The quantitative estimate of drug-likeness (QED) is 0.679. The Morgan fingerprint density at radius 1 is 1.44 bits per heavy atom. The summed E-state index contributed by atoms with van der Waals surface area (Å²) in [5.41, 5.74) is 7.10. The second-order valence-corrected chi connectivity index (χ2v) is 3.90. The van der Waals surface area contributed by atoms with Crippen LogP contribution in [0.2, 0.25) is 0 Å². The highest BCUT2D eigenvalue weighted by molar-refractivity contribution is 5.73. The second-order valence-electron chi connectivity index (χ2n) is 3.90. The molecule has 1 rings (SSSR count). The fraction of sp³-hybridized carbons (Fsp3) is 0.636. The van der Waals surface area contributed by atoms with Gasteiger partial charge in [0.05, 0.1) is 5.69 Å². The van der Waals surface area contributed by atoms with E-state index in [1.165, 1.54) is 0 Å². The zero-order valence-corrected chi connectivity index (χ0v) is 9.88. The lowest BCUT2D eigenvalue weighted by atomic mass is 10.2. The molecule has 0 radical (unpaired) electrons. The number of carbonyl (C=O) groups excluding carboxylic acids is 1. The molecule has 5 nitrogen and oxygen atoms in total. The van der Waals surface area contributed by atoms with Gasteiger partial charge in [-0.3, -0.25) is 4.79 Å². The normalized spacial score (nSPS) is 10.6. The van der Waals surface area contributed by atoms with E-state index in [9.17, 15) is 4.79 Å². The maximum absolute atomic E-state index is 10.5. The van der Waals surface area contributed by atoms with Crippen LogP contribution < -0.4 is 11.1 Å². The average Bonchev–Trinajstić information content (AvgIpc) is 2.53. The van der Waals surface area contributed by atoms with Gasteiger partial charge in [0.1, 0.15) is 5.76 Å². The lowest BCUT2D eigenvalue weighted by molar-refractivity contribution is -0.118. The number of primary amides is 1. The van der Waals surface area contributed by atoms with Gasteiger partial charge in [-0.2, -0.15) is 0 Å². The van der Waals surface area contributed by atoms with E-state index >= 15 is 0 Å². The number of nitrogens with zero attached hydrogens (tertiary/aromatic N) is 1. The van der Waals surface area contributed by atoms with Crippen molar-refractivity contribution in [1.82, 2.24) is 10.5 Å². The third kappa shape index (κ3) is 4.02. The number of nitrogens with two attached hydrogens (primary N) is 1. The lowest BCUT2D eigenvalue weighted by Crippen LogP contribution is -2.16. The van der Waals surface area contributed by atoms with Crippen molar-refractivity contribution in [2.24, 2.45) is 5.73 Å². The molecule has 1 heterocycles. The highest BCUT2D eigenvalue weighted by Gasteiger charge is 2.07. The Kier molecular flexibility index (Phi) is 4.98. The lowest BCUT2D eigenvalue weighted by Gasteiger charge is -2.03. The molecule has 5 heteroatoms. The highest BCUT2D eigenvalue weighted by atomic mass is 16.5. The number of amides is 1. The maximum Gasteiger partial charge on any atom is 0.217 e. The van der Waals surface area contributed by atoms with Crippen LogP contribution in [-0.2, 0) is 11.3 Å². The molecule has 1 aromatic heterocycles. The summed E-state index contributed by atoms with van der Waals surface area (Å²) in [6.45, 7) is 5.47. The Bertz CT molecular complexity index is 327. The number of rotatable bonds is 7. The van der Waals surface area contributed by atoms with Crippen molar-refractivity contribution in [2.75, 3.05) is 6.54 Å². The monoisotopic (exact) mass is 225 g/mol. The van der Waals surface area contributed by atoms with E-state index < -0.39 is 0 Å². The zero-order valence-electron chi connectivity index (χ0n) is 9.88. The minimum atomic E-state index is -0.231. The third-order valence-corrected chi connectivity index (χ3v) is 2.51. The first-order chi connectivity index (χ1) is 7.61. The van der Waals surface area contributed by atoms with Gasteiger partial charge >= 0.3 is 0 Å². The van der Waals surface area contributed by atoms with Crippen LogP contribution in [0.4, 0.5) is 0 Å². The minimum Gasteiger partial charge on any atom is -0.370 e. The van der Waals surface area contributed by atoms with E-state index in [2.05, 4.69) is 10.5 Å². The van der Waals surface area contributed by atoms with E-state index in [1.54, 1.807) is 0 Å². The first kappa shape index (κ1) is 12.7. The standard InChI is InChI=1S/C11H19N3O2/c1-8-10(9(2)16-14-8)7-13-6-4-3-5-11(12)15/h13H,3-7H2,1-2H3,(H2,12,15). The zero-order chi connectivity index (χ0) is 12.0. The largest absolute Gasteiger partial charge is 0.370 e. The van der Waals surface area contributed by atoms with Gasteiger partial charge < -0.3 is 15.6 Å². The molecule has 90 valence electrons. The topological polar surface area (TPSA) is 81.2 Å². The van der Waals surface area contributed by atoms with Gasteiger partial charge in [-0.25, -0.2) is 0 Å². The van der Waals surface area contributed by atoms with Gasteiger partial charge in [0.2, 0.25) is 5.91 Å². The third-order valence-electron chi connectivity index (χ3n) is 2.51. The Hall–Kier alpha value is -1.36. The van der Waals surface area contributed by atoms with Gasteiger partial charge in [-0.05, 0) is 33.2 Å². The highest BCUT2D eigenvalue weighted by Crippen LogP contribution is 2.11. The van der Waals surface area contributed by atoms with Gasteiger partial charge in [0, 0.05) is 18.5 Å². The summed E-state index contributed by atoms with van der Waals surface area (Å²) in [5.74, 6) is 0.632. The molecule has 0 aliphatic rings. The van der Waals surface area contributed by atoms with Crippen LogP contribution in [0, 0.1) is 13.8 Å². The summed E-state index contributed by atoms with van der Waals surface area (Å²) in [4.78, 5) is 10.5. The van der Waals surface area contributed by atoms with Crippen LogP contribution in [-0.4, -0.2) is 17.6 Å². The molecule has 3 N–H and O–H groups in total. The van der Waals surface area contributed by atoms with Crippen LogP contribution in [0.5, 0.6) is 0 Å². The van der Waals surface area contributed by atoms with Crippen molar-refractivity contribution in [3.63, 3.8) is 0 Å². The van der Waals surface area contributed by atoms with E-state index in [4.69, 9.17) is 10.3 Å². The van der Waals surface area contributed by atoms with E-state index in [0.29, 0.717) is 6.42 Å². The fourth-order valence-corrected chi connectivity index (χ4v) is 1.52.